The van der Waals surface area contributed by atoms with Gasteiger partial charge in [-0.2, -0.15) is 0 Å². The number of aliphatic hydroxyl groups is 1. The van der Waals surface area contributed by atoms with Gasteiger partial charge in [0.25, 0.3) is 0 Å². The standard InChI is InChI=1S/C11H17N3OS/c1-8-6-14-10(7-13(3)4-5-15)9(2)12-11(14)16-8/h6,15H,4-5,7H2,1-3H3. The van der Waals surface area contributed by atoms with Gasteiger partial charge in [0.15, 0.2) is 4.96 Å². The molecule has 0 fully saturated rings. The fraction of sp³-hybridized carbons (Fsp3) is 0.545. The number of fused-ring (bicyclic) bond motifs is 1. The molecule has 0 saturated heterocycles. The van der Waals surface area contributed by atoms with E-state index < -0.39 is 0 Å². The topological polar surface area (TPSA) is 40.8 Å². The van der Waals surface area contributed by atoms with E-state index in [9.17, 15) is 0 Å². The summed E-state index contributed by atoms with van der Waals surface area (Å²) in [4.78, 5) is 8.97. The van der Waals surface area contributed by atoms with Crippen molar-refractivity contribution < 1.29 is 5.11 Å². The number of hydrogen-bond acceptors (Lipinski definition) is 4. The van der Waals surface area contributed by atoms with E-state index in [4.69, 9.17) is 5.11 Å². The molecular formula is C11H17N3OS. The Balaban J connectivity index is 2.31. The monoisotopic (exact) mass is 239 g/mol. The van der Waals surface area contributed by atoms with Crippen molar-refractivity contribution in [3.05, 3.63) is 22.5 Å². The number of rotatable bonds is 4. The fourth-order valence-electron chi connectivity index (χ4n) is 1.80. The van der Waals surface area contributed by atoms with E-state index in [1.807, 2.05) is 14.0 Å². The van der Waals surface area contributed by atoms with Crippen molar-refractivity contribution in [3.63, 3.8) is 0 Å². The molecule has 0 aliphatic heterocycles. The lowest BCUT2D eigenvalue weighted by molar-refractivity contribution is 0.215. The molecule has 0 aliphatic carbocycles. The van der Waals surface area contributed by atoms with Gasteiger partial charge in [-0.3, -0.25) is 9.30 Å². The summed E-state index contributed by atoms with van der Waals surface area (Å²) >= 11 is 1.71. The number of nitrogens with zero attached hydrogens (tertiary/aromatic N) is 3. The fourth-order valence-corrected chi connectivity index (χ4v) is 2.69. The number of aromatic nitrogens is 2. The normalized spacial score (nSPS) is 11.8. The summed E-state index contributed by atoms with van der Waals surface area (Å²) in [7, 11) is 2.01. The van der Waals surface area contributed by atoms with Crippen LogP contribution in [-0.4, -0.2) is 39.6 Å². The molecule has 0 amide bonds. The van der Waals surface area contributed by atoms with Crippen molar-refractivity contribution in [2.45, 2.75) is 20.4 Å². The van der Waals surface area contributed by atoms with Crippen molar-refractivity contribution in [3.8, 4) is 0 Å². The van der Waals surface area contributed by atoms with Crippen LogP contribution in [0.25, 0.3) is 4.96 Å². The summed E-state index contributed by atoms with van der Waals surface area (Å²) in [5.41, 5.74) is 2.30. The largest absolute Gasteiger partial charge is 0.395 e. The van der Waals surface area contributed by atoms with Crippen molar-refractivity contribution in [2.24, 2.45) is 0 Å². The second kappa shape index (κ2) is 4.53. The SMILES string of the molecule is Cc1cn2c(CN(C)CCO)c(C)nc2s1. The Morgan fingerprint density at radius 1 is 1.50 bits per heavy atom. The molecule has 0 bridgehead atoms. The second-order valence-corrected chi connectivity index (χ2v) is 5.31. The Bertz CT molecular complexity index is 489. The zero-order valence-corrected chi connectivity index (χ0v) is 10.7. The Morgan fingerprint density at radius 3 is 2.94 bits per heavy atom. The van der Waals surface area contributed by atoms with Gasteiger partial charge in [0.2, 0.25) is 0 Å². The average Bonchev–Trinajstić information content (AvgIpc) is 2.66. The van der Waals surface area contributed by atoms with Gasteiger partial charge in [-0.25, -0.2) is 4.98 Å². The number of hydrogen-bond donors (Lipinski definition) is 1. The molecule has 2 aromatic heterocycles. The highest BCUT2D eigenvalue weighted by molar-refractivity contribution is 7.17. The third kappa shape index (κ3) is 2.11. The van der Waals surface area contributed by atoms with E-state index in [2.05, 4.69) is 27.4 Å². The van der Waals surface area contributed by atoms with Crippen LogP contribution >= 0.6 is 11.3 Å². The van der Waals surface area contributed by atoms with Gasteiger partial charge in [-0.15, -0.1) is 11.3 Å². The van der Waals surface area contributed by atoms with Crippen LogP contribution in [0.5, 0.6) is 0 Å². The van der Waals surface area contributed by atoms with Crippen molar-refractivity contribution in [1.82, 2.24) is 14.3 Å². The number of aryl methyl sites for hydroxylation is 2. The van der Waals surface area contributed by atoms with Gasteiger partial charge in [0, 0.05) is 24.2 Å². The summed E-state index contributed by atoms with van der Waals surface area (Å²) in [5.74, 6) is 0. The minimum atomic E-state index is 0.195. The molecule has 0 atom stereocenters. The van der Waals surface area contributed by atoms with E-state index in [1.165, 1.54) is 10.6 Å². The molecule has 0 aliphatic rings. The van der Waals surface area contributed by atoms with Crippen LogP contribution in [0.1, 0.15) is 16.3 Å². The molecule has 0 unspecified atom stereocenters. The zero-order chi connectivity index (χ0) is 11.7. The van der Waals surface area contributed by atoms with Gasteiger partial charge in [-0.1, -0.05) is 0 Å². The van der Waals surface area contributed by atoms with Gasteiger partial charge in [0.1, 0.15) is 0 Å². The van der Waals surface area contributed by atoms with Gasteiger partial charge in [0.05, 0.1) is 18.0 Å². The van der Waals surface area contributed by atoms with E-state index in [-0.39, 0.29) is 6.61 Å². The van der Waals surface area contributed by atoms with Crippen molar-refractivity contribution in [1.29, 1.82) is 0 Å². The van der Waals surface area contributed by atoms with Crippen LogP contribution in [0.3, 0.4) is 0 Å². The summed E-state index contributed by atoms with van der Waals surface area (Å²) in [5, 5.41) is 8.89. The Morgan fingerprint density at radius 2 is 2.25 bits per heavy atom. The lowest BCUT2D eigenvalue weighted by Crippen LogP contribution is -2.22. The maximum atomic E-state index is 8.89. The molecule has 5 heteroatoms. The summed E-state index contributed by atoms with van der Waals surface area (Å²) < 4.78 is 2.16. The number of likely N-dealkylation sites (N-methyl/N-ethyl adjacent to an activating group) is 1. The van der Waals surface area contributed by atoms with Crippen LogP contribution < -0.4 is 0 Å². The Kier molecular flexibility index (Phi) is 3.28. The molecular weight excluding hydrogens is 222 g/mol. The molecule has 1 N–H and O–H groups in total. The third-order valence-electron chi connectivity index (χ3n) is 2.64. The number of imidazole rings is 1. The van der Waals surface area contributed by atoms with E-state index in [0.29, 0.717) is 6.54 Å². The van der Waals surface area contributed by atoms with Gasteiger partial charge >= 0.3 is 0 Å². The predicted octanol–water partition coefficient (Wildman–Crippen LogP) is 1.44. The predicted molar refractivity (Wildman–Crippen MR) is 66.0 cm³/mol. The number of aliphatic hydroxyl groups excluding tert-OH is 1. The van der Waals surface area contributed by atoms with Gasteiger partial charge in [-0.05, 0) is 20.9 Å². The van der Waals surface area contributed by atoms with Crippen LogP contribution in [0, 0.1) is 13.8 Å². The van der Waals surface area contributed by atoms with Crippen LogP contribution in [0.4, 0.5) is 0 Å². The Hall–Kier alpha value is -0.910. The van der Waals surface area contributed by atoms with Crippen molar-refractivity contribution in [2.75, 3.05) is 20.2 Å². The zero-order valence-electron chi connectivity index (χ0n) is 9.90. The van der Waals surface area contributed by atoms with Crippen LogP contribution in [-0.2, 0) is 6.54 Å². The third-order valence-corrected chi connectivity index (χ3v) is 3.54. The molecule has 4 nitrogen and oxygen atoms in total. The van der Waals surface area contributed by atoms with E-state index in [0.717, 1.165) is 17.2 Å². The second-order valence-electron chi connectivity index (χ2n) is 4.10. The minimum absolute atomic E-state index is 0.195. The van der Waals surface area contributed by atoms with E-state index >= 15 is 0 Å². The van der Waals surface area contributed by atoms with Crippen LogP contribution in [0.15, 0.2) is 6.20 Å². The number of thiazole rings is 1. The first kappa shape index (κ1) is 11.6. The average molecular weight is 239 g/mol. The first-order valence-corrected chi connectivity index (χ1v) is 6.17. The van der Waals surface area contributed by atoms with Crippen molar-refractivity contribution >= 4 is 16.3 Å². The molecule has 16 heavy (non-hydrogen) atoms. The first-order chi connectivity index (χ1) is 7.61. The lowest BCUT2D eigenvalue weighted by Gasteiger charge is -2.14. The summed E-state index contributed by atoms with van der Waals surface area (Å²) in [6, 6.07) is 0. The van der Waals surface area contributed by atoms with E-state index in [1.54, 1.807) is 11.3 Å². The molecule has 0 radical (unpaired) electrons. The highest BCUT2D eigenvalue weighted by Gasteiger charge is 2.12. The smallest absolute Gasteiger partial charge is 0.194 e. The lowest BCUT2D eigenvalue weighted by atomic mass is 10.3. The summed E-state index contributed by atoms with van der Waals surface area (Å²) in [6.45, 7) is 5.84. The molecule has 0 saturated carbocycles. The minimum Gasteiger partial charge on any atom is -0.395 e. The molecule has 2 rings (SSSR count). The first-order valence-electron chi connectivity index (χ1n) is 5.35. The quantitative estimate of drug-likeness (QED) is 0.877. The molecule has 0 aromatic carbocycles. The van der Waals surface area contributed by atoms with Crippen LogP contribution in [0.2, 0.25) is 0 Å². The highest BCUT2D eigenvalue weighted by Crippen LogP contribution is 2.21. The maximum absolute atomic E-state index is 8.89. The summed E-state index contributed by atoms with van der Waals surface area (Å²) in [6.07, 6.45) is 2.13. The maximum Gasteiger partial charge on any atom is 0.194 e. The molecule has 2 heterocycles. The highest BCUT2D eigenvalue weighted by atomic mass is 32.1. The van der Waals surface area contributed by atoms with Gasteiger partial charge < -0.3 is 5.11 Å². The molecule has 2 aromatic rings. The molecule has 0 spiro atoms. The Labute approximate surface area is 99.2 Å². The molecule has 88 valence electrons.